The molecule has 1 aliphatic carbocycles. The standard InChI is InChI=1S/C24H28N8OS/c33-23(16-1-2-16)26-17-3-5-18(6-4-17)34-24-29-21(13-22(30-24)28-20-7-10-25-31-20)27-19-14-32-11-8-15(19)9-12-32/h3-7,10,13,15-16,19H,1-2,8-9,11-12,14H2,(H,26,33)(H3,25,27,28,29,30,31)/t19-/m1/s1. The van der Waals surface area contributed by atoms with Gasteiger partial charge in [-0.25, -0.2) is 9.97 Å². The van der Waals surface area contributed by atoms with E-state index in [1.807, 2.05) is 36.4 Å². The minimum atomic E-state index is 0.116. The highest BCUT2D eigenvalue weighted by Crippen LogP contribution is 2.33. The molecule has 4 fully saturated rings. The second-order valence-electron chi connectivity index (χ2n) is 9.30. The number of hydrogen-bond donors (Lipinski definition) is 4. The number of nitrogens with one attached hydrogen (secondary N) is 4. The molecule has 1 aromatic carbocycles. The highest BCUT2D eigenvalue weighted by Gasteiger charge is 2.34. The van der Waals surface area contributed by atoms with Gasteiger partial charge in [0.15, 0.2) is 5.16 Å². The number of aromatic nitrogens is 4. The van der Waals surface area contributed by atoms with Gasteiger partial charge in [-0.1, -0.05) is 0 Å². The highest BCUT2D eigenvalue weighted by atomic mass is 32.2. The lowest BCUT2D eigenvalue weighted by Gasteiger charge is -2.45. The van der Waals surface area contributed by atoms with Crippen molar-refractivity contribution in [3.05, 3.63) is 42.6 Å². The summed E-state index contributed by atoms with van der Waals surface area (Å²) in [6, 6.07) is 12.1. The van der Waals surface area contributed by atoms with E-state index in [2.05, 4.69) is 31.0 Å². The Bertz CT molecular complexity index is 1140. The normalized spacial score (nSPS) is 23.5. The van der Waals surface area contributed by atoms with Crippen LogP contribution in [0.3, 0.4) is 0 Å². The van der Waals surface area contributed by atoms with Crippen molar-refractivity contribution in [2.75, 3.05) is 35.6 Å². The van der Waals surface area contributed by atoms with Crippen LogP contribution in [0.2, 0.25) is 0 Å². The molecule has 4 aliphatic rings. The molecule has 34 heavy (non-hydrogen) atoms. The zero-order chi connectivity index (χ0) is 22.9. The van der Waals surface area contributed by atoms with Gasteiger partial charge in [-0.05, 0) is 80.7 Å². The lowest BCUT2D eigenvalue weighted by molar-refractivity contribution is -0.117. The van der Waals surface area contributed by atoms with Gasteiger partial charge in [-0.2, -0.15) is 5.10 Å². The van der Waals surface area contributed by atoms with Gasteiger partial charge >= 0.3 is 0 Å². The molecule has 7 rings (SSSR count). The number of nitrogens with zero attached hydrogens (tertiary/aromatic N) is 4. The van der Waals surface area contributed by atoms with Crippen molar-refractivity contribution in [3.63, 3.8) is 0 Å². The number of fused-ring (bicyclic) bond motifs is 3. The Morgan fingerprint density at radius 1 is 1.03 bits per heavy atom. The average Bonchev–Trinajstić information content (AvgIpc) is 3.58. The monoisotopic (exact) mass is 476 g/mol. The number of piperidine rings is 3. The van der Waals surface area contributed by atoms with Crippen molar-refractivity contribution in [3.8, 4) is 0 Å². The van der Waals surface area contributed by atoms with E-state index in [0.29, 0.717) is 22.9 Å². The molecule has 0 radical (unpaired) electrons. The molecule has 1 saturated carbocycles. The first-order chi connectivity index (χ1) is 16.7. The van der Waals surface area contributed by atoms with Gasteiger partial charge in [0.2, 0.25) is 5.91 Å². The van der Waals surface area contributed by atoms with Crippen LogP contribution in [0.25, 0.3) is 0 Å². The molecule has 1 amide bonds. The van der Waals surface area contributed by atoms with E-state index in [1.165, 1.54) is 37.7 Å². The van der Waals surface area contributed by atoms with Crippen LogP contribution in [0, 0.1) is 11.8 Å². The topological polar surface area (TPSA) is 111 Å². The number of anilines is 4. The number of rotatable bonds is 8. The van der Waals surface area contributed by atoms with Crippen molar-refractivity contribution in [1.29, 1.82) is 0 Å². The Hall–Kier alpha value is -3.11. The van der Waals surface area contributed by atoms with Gasteiger partial charge in [0.25, 0.3) is 0 Å². The Morgan fingerprint density at radius 3 is 2.50 bits per heavy atom. The molecular formula is C24H28N8OS. The Kier molecular flexibility index (Phi) is 5.84. The first-order valence-corrected chi connectivity index (χ1v) is 12.7. The highest BCUT2D eigenvalue weighted by molar-refractivity contribution is 7.99. The summed E-state index contributed by atoms with van der Waals surface area (Å²) in [6.45, 7) is 3.48. The van der Waals surface area contributed by atoms with Gasteiger partial charge in [0.1, 0.15) is 17.5 Å². The maximum atomic E-state index is 12.0. The van der Waals surface area contributed by atoms with E-state index in [9.17, 15) is 4.79 Å². The van der Waals surface area contributed by atoms with E-state index in [0.717, 1.165) is 41.6 Å². The van der Waals surface area contributed by atoms with Gasteiger partial charge < -0.3 is 20.9 Å². The summed E-state index contributed by atoms with van der Waals surface area (Å²) in [6.07, 6.45) is 6.18. The van der Waals surface area contributed by atoms with Crippen LogP contribution in [0.15, 0.2) is 52.6 Å². The SMILES string of the molecule is O=C(Nc1ccc(Sc2nc(Nc3ccn[nH]3)cc(N[C@@H]3CN4CCC3CC4)n2)cc1)C1CC1. The van der Waals surface area contributed by atoms with Crippen molar-refractivity contribution >= 4 is 40.8 Å². The van der Waals surface area contributed by atoms with Gasteiger partial charge in [0.05, 0.1) is 6.20 Å². The molecule has 2 aromatic heterocycles. The van der Waals surface area contributed by atoms with E-state index < -0.39 is 0 Å². The largest absolute Gasteiger partial charge is 0.366 e. The van der Waals surface area contributed by atoms with Crippen molar-refractivity contribution in [2.45, 2.75) is 41.8 Å². The molecule has 1 atom stereocenters. The summed E-state index contributed by atoms with van der Waals surface area (Å²) in [4.78, 5) is 25.1. The van der Waals surface area contributed by atoms with E-state index in [4.69, 9.17) is 9.97 Å². The molecule has 10 heteroatoms. The molecule has 5 heterocycles. The molecule has 3 aliphatic heterocycles. The minimum absolute atomic E-state index is 0.116. The first kappa shape index (κ1) is 21.4. The first-order valence-electron chi connectivity index (χ1n) is 11.9. The summed E-state index contributed by atoms with van der Waals surface area (Å²) >= 11 is 1.50. The predicted octanol–water partition coefficient (Wildman–Crippen LogP) is 3.95. The summed E-state index contributed by atoms with van der Waals surface area (Å²) in [5.41, 5.74) is 0.821. The number of hydrogen-bond acceptors (Lipinski definition) is 8. The Morgan fingerprint density at radius 2 is 1.82 bits per heavy atom. The minimum Gasteiger partial charge on any atom is -0.366 e. The van der Waals surface area contributed by atoms with Crippen LogP contribution in [-0.4, -0.2) is 56.6 Å². The molecule has 176 valence electrons. The number of carbonyl (C=O) groups excluding carboxylic acids is 1. The second-order valence-corrected chi connectivity index (χ2v) is 10.3. The van der Waals surface area contributed by atoms with Crippen LogP contribution in [0.5, 0.6) is 0 Å². The molecule has 3 saturated heterocycles. The number of benzene rings is 1. The molecule has 0 spiro atoms. The smallest absolute Gasteiger partial charge is 0.227 e. The van der Waals surface area contributed by atoms with Gasteiger partial charge in [0, 0.05) is 41.2 Å². The maximum absolute atomic E-state index is 12.0. The average molecular weight is 477 g/mol. The molecule has 0 unspecified atom stereocenters. The zero-order valence-corrected chi connectivity index (χ0v) is 19.6. The van der Waals surface area contributed by atoms with Gasteiger partial charge in [-0.3, -0.25) is 9.89 Å². The van der Waals surface area contributed by atoms with Crippen molar-refractivity contribution in [1.82, 2.24) is 25.1 Å². The van der Waals surface area contributed by atoms with E-state index in [-0.39, 0.29) is 11.8 Å². The van der Waals surface area contributed by atoms with Crippen molar-refractivity contribution < 1.29 is 4.79 Å². The number of amides is 1. The maximum Gasteiger partial charge on any atom is 0.227 e. The van der Waals surface area contributed by atoms with Crippen LogP contribution in [0.4, 0.5) is 23.1 Å². The van der Waals surface area contributed by atoms with Gasteiger partial charge in [-0.15, -0.1) is 0 Å². The Labute approximate surface area is 202 Å². The number of aromatic amines is 1. The molecule has 2 bridgehead atoms. The third-order valence-electron chi connectivity index (χ3n) is 6.74. The van der Waals surface area contributed by atoms with Crippen LogP contribution >= 0.6 is 11.8 Å². The summed E-state index contributed by atoms with van der Waals surface area (Å²) in [7, 11) is 0. The van der Waals surface area contributed by atoms with Crippen LogP contribution in [-0.2, 0) is 4.79 Å². The zero-order valence-electron chi connectivity index (χ0n) is 18.8. The van der Waals surface area contributed by atoms with E-state index >= 15 is 0 Å². The quantitative estimate of drug-likeness (QED) is 0.362. The number of H-pyrrole nitrogens is 1. The lowest BCUT2D eigenvalue weighted by atomic mass is 9.84. The molecular weight excluding hydrogens is 448 g/mol. The predicted molar refractivity (Wildman–Crippen MR) is 132 cm³/mol. The molecule has 9 nitrogen and oxygen atoms in total. The summed E-state index contributed by atoms with van der Waals surface area (Å²) < 4.78 is 0. The van der Waals surface area contributed by atoms with Crippen molar-refractivity contribution in [2.24, 2.45) is 11.8 Å². The third-order valence-corrected chi connectivity index (χ3v) is 7.61. The fraction of sp³-hybridized carbons (Fsp3) is 0.417. The van der Waals surface area contributed by atoms with E-state index in [1.54, 1.807) is 6.20 Å². The fourth-order valence-electron chi connectivity index (χ4n) is 4.69. The third kappa shape index (κ3) is 5.02. The molecule has 3 aromatic rings. The summed E-state index contributed by atoms with van der Waals surface area (Å²) in [5.74, 6) is 3.31. The van der Waals surface area contributed by atoms with Crippen LogP contribution < -0.4 is 16.0 Å². The fourth-order valence-corrected chi connectivity index (χ4v) is 5.46. The Balaban J connectivity index is 1.20. The second kappa shape index (κ2) is 9.27. The lowest BCUT2D eigenvalue weighted by Crippen LogP contribution is -2.53. The number of carbonyl (C=O) groups is 1. The van der Waals surface area contributed by atoms with Crippen LogP contribution in [0.1, 0.15) is 25.7 Å². The summed E-state index contributed by atoms with van der Waals surface area (Å²) in [5, 5.41) is 17.5. The molecule has 4 N–H and O–H groups in total.